The van der Waals surface area contributed by atoms with Crippen molar-refractivity contribution in [2.45, 2.75) is 0 Å². The average molecular weight is 270 g/mol. The summed E-state index contributed by atoms with van der Waals surface area (Å²) in [5.41, 5.74) is 7.10. The maximum absolute atomic E-state index is 11.3. The number of carbonyl (C=O) groups excluding carboxylic acids is 1. The van der Waals surface area contributed by atoms with Gasteiger partial charge in [-0.15, -0.1) is 0 Å². The van der Waals surface area contributed by atoms with Crippen LogP contribution in [0.15, 0.2) is 18.2 Å². The average Bonchev–Trinajstić information content (AvgIpc) is 2.28. The van der Waals surface area contributed by atoms with Gasteiger partial charge in [0.1, 0.15) is 4.99 Å². The molecule has 0 unspecified atom stereocenters. The van der Waals surface area contributed by atoms with Gasteiger partial charge < -0.3 is 16.0 Å². The smallest absolute Gasteiger partial charge is 0.239 e. The highest BCUT2D eigenvalue weighted by atomic mass is 35.5. The Morgan fingerprint density at radius 2 is 2.29 bits per heavy atom. The Balaban J connectivity index is 2.25. The van der Waals surface area contributed by atoms with Gasteiger partial charge in [-0.3, -0.25) is 4.79 Å². The number of nitrogens with zero attached hydrogens (tertiary/aromatic N) is 1. The molecular formula is C11H12ClN3OS. The number of anilines is 1. The molecule has 0 atom stereocenters. The predicted octanol–water partition coefficient (Wildman–Crippen LogP) is 0.910. The highest BCUT2D eigenvalue weighted by Gasteiger charge is 2.17. The highest BCUT2D eigenvalue weighted by molar-refractivity contribution is 7.80. The second kappa shape index (κ2) is 4.89. The van der Waals surface area contributed by atoms with Gasteiger partial charge in [-0.2, -0.15) is 0 Å². The fourth-order valence-electron chi connectivity index (χ4n) is 1.76. The van der Waals surface area contributed by atoms with Crippen molar-refractivity contribution in [3.63, 3.8) is 0 Å². The number of piperazine rings is 1. The summed E-state index contributed by atoms with van der Waals surface area (Å²) in [5, 5.41) is 3.29. The Hall–Kier alpha value is -1.33. The third-order valence-electron chi connectivity index (χ3n) is 2.62. The Morgan fingerprint density at radius 1 is 1.53 bits per heavy atom. The number of carbonyl (C=O) groups is 1. The van der Waals surface area contributed by atoms with Gasteiger partial charge in [0, 0.05) is 24.3 Å². The Bertz CT molecular complexity index is 478. The Kier molecular flexibility index (Phi) is 3.49. The van der Waals surface area contributed by atoms with Gasteiger partial charge >= 0.3 is 0 Å². The molecule has 0 spiro atoms. The van der Waals surface area contributed by atoms with Crippen molar-refractivity contribution in [2.75, 3.05) is 24.5 Å². The van der Waals surface area contributed by atoms with Gasteiger partial charge in [0.05, 0.1) is 11.6 Å². The topological polar surface area (TPSA) is 58.4 Å². The second-order valence-corrected chi connectivity index (χ2v) is 4.65. The van der Waals surface area contributed by atoms with Crippen LogP contribution in [0.3, 0.4) is 0 Å². The molecule has 17 heavy (non-hydrogen) atoms. The van der Waals surface area contributed by atoms with E-state index < -0.39 is 0 Å². The minimum atomic E-state index is 0.0193. The van der Waals surface area contributed by atoms with E-state index in [0.29, 0.717) is 23.7 Å². The van der Waals surface area contributed by atoms with Crippen LogP contribution in [0.4, 0.5) is 5.69 Å². The van der Waals surface area contributed by atoms with Crippen molar-refractivity contribution < 1.29 is 4.79 Å². The quantitative estimate of drug-likeness (QED) is 0.784. The number of nitrogens with two attached hydrogens (primary N) is 1. The van der Waals surface area contributed by atoms with E-state index in [1.54, 1.807) is 12.1 Å². The van der Waals surface area contributed by atoms with Gasteiger partial charge in [-0.25, -0.2) is 0 Å². The normalized spacial score (nSPS) is 15.6. The van der Waals surface area contributed by atoms with Crippen LogP contribution in [-0.2, 0) is 4.79 Å². The summed E-state index contributed by atoms with van der Waals surface area (Å²) in [6, 6.07) is 5.44. The fourth-order valence-corrected chi connectivity index (χ4v) is 2.27. The summed E-state index contributed by atoms with van der Waals surface area (Å²) in [7, 11) is 0. The molecule has 0 aromatic heterocycles. The summed E-state index contributed by atoms with van der Waals surface area (Å²) in [6.45, 7) is 1.77. The molecule has 1 aliphatic heterocycles. The molecule has 3 N–H and O–H groups in total. The van der Waals surface area contributed by atoms with Crippen LogP contribution in [0.2, 0.25) is 5.02 Å². The molecule has 1 amide bonds. The van der Waals surface area contributed by atoms with Crippen LogP contribution in [0.5, 0.6) is 0 Å². The fraction of sp³-hybridized carbons (Fsp3) is 0.273. The third-order valence-corrected chi connectivity index (χ3v) is 3.15. The van der Waals surface area contributed by atoms with Crippen LogP contribution < -0.4 is 16.0 Å². The SMILES string of the molecule is NC(=S)c1ccc(N2CCNC(=O)C2)cc1Cl. The molecule has 1 aliphatic rings. The van der Waals surface area contributed by atoms with E-state index in [4.69, 9.17) is 29.6 Å². The lowest BCUT2D eigenvalue weighted by Crippen LogP contribution is -2.47. The predicted molar refractivity (Wildman–Crippen MR) is 72.6 cm³/mol. The van der Waals surface area contributed by atoms with Gasteiger partial charge in [-0.05, 0) is 18.2 Å². The molecule has 1 saturated heterocycles. The van der Waals surface area contributed by atoms with Crippen LogP contribution in [0.25, 0.3) is 0 Å². The molecule has 1 aromatic carbocycles. The van der Waals surface area contributed by atoms with E-state index >= 15 is 0 Å². The molecule has 0 radical (unpaired) electrons. The van der Waals surface area contributed by atoms with Crippen LogP contribution >= 0.6 is 23.8 Å². The van der Waals surface area contributed by atoms with Crippen LogP contribution in [-0.4, -0.2) is 30.5 Å². The molecule has 1 fully saturated rings. The molecule has 0 saturated carbocycles. The minimum Gasteiger partial charge on any atom is -0.389 e. The summed E-state index contributed by atoms with van der Waals surface area (Å²) in [5.74, 6) is 0.0193. The lowest BCUT2D eigenvalue weighted by Gasteiger charge is -2.28. The highest BCUT2D eigenvalue weighted by Crippen LogP contribution is 2.24. The number of amides is 1. The molecule has 90 valence electrons. The number of rotatable bonds is 2. The zero-order valence-corrected chi connectivity index (χ0v) is 10.6. The van der Waals surface area contributed by atoms with E-state index in [0.717, 1.165) is 12.2 Å². The van der Waals surface area contributed by atoms with Gasteiger partial charge in [0.2, 0.25) is 5.91 Å². The number of nitrogens with one attached hydrogen (secondary N) is 1. The molecule has 4 nitrogen and oxygen atoms in total. The van der Waals surface area contributed by atoms with Gasteiger partial charge in [0.15, 0.2) is 0 Å². The first-order chi connectivity index (χ1) is 8.08. The van der Waals surface area contributed by atoms with Crippen LogP contribution in [0.1, 0.15) is 5.56 Å². The van der Waals surface area contributed by atoms with Crippen molar-refractivity contribution in [3.05, 3.63) is 28.8 Å². The largest absolute Gasteiger partial charge is 0.389 e. The van der Waals surface area contributed by atoms with E-state index in [1.807, 2.05) is 11.0 Å². The monoisotopic (exact) mass is 269 g/mol. The number of benzene rings is 1. The van der Waals surface area contributed by atoms with Crippen molar-refractivity contribution >= 4 is 40.4 Å². The van der Waals surface area contributed by atoms with Crippen molar-refractivity contribution in [3.8, 4) is 0 Å². The summed E-state index contributed by atoms with van der Waals surface area (Å²) >= 11 is 11.0. The number of hydrogen-bond acceptors (Lipinski definition) is 3. The van der Waals surface area contributed by atoms with E-state index in [9.17, 15) is 4.79 Å². The maximum atomic E-state index is 11.3. The lowest BCUT2D eigenvalue weighted by atomic mass is 10.2. The molecular weight excluding hydrogens is 258 g/mol. The first kappa shape index (κ1) is 12.1. The van der Waals surface area contributed by atoms with Gasteiger partial charge in [0.25, 0.3) is 0 Å². The third kappa shape index (κ3) is 2.68. The Labute approximate surface area is 110 Å². The number of hydrogen-bond donors (Lipinski definition) is 2. The summed E-state index contributed by atoms with van der Waals surface area (Å²) in [4.78, 5) is 13.5. The Morgan fingerprint density at radius 3 is 2.88 bits per heavy atom. The zero-order valence-electron chi connectivity index (χ0n) is 9.07. The van der Waals surface area contributed by atoms with Crippen molar-refractivity contribution in [1.29, 1.82) is 0 Å². The first-order valence-electron chi connectivity index (χ1n) is 5.19. The maximum Gasteiger partial charge on any atom is 0.239 e. The number of thiocarbonyl (C=S) groups is 1. The summed E-state index contributed by atoms with van der Waals surface area (Å²) in [6.07, 6.45) is 0. The molecule has 2 rings (SSSR count). The zero-order chi connectivity index (χ0) is 12.4. The second-order valence-electron chi connectivity index (χ2n) is 3.80. The van der Waals surface area contributed by atoms with E-state index in [2.05, 4.69) is 5.32 Å². The van der Waals surface area contributed by atoms with Crippen molar-refractivity contribution in [1.82, 2.24) is 5.32 Å². The minimum absolute atomic E-state index is 0.0193. The number of halogens is 1. The standard InChI is InChI=1S/C11H12ClN3OS/c12-9-5-7(1-2-8(9)11(13)17)15-4-3-14-10(16)6-15/h1-2,5H,3-4,6H2,(H2,13,17)(H,14,16). The summed E-state index contributed by atoms with van der Waals surface area (Å²) < 4.78 is 0. The van der Waals surface area contributed by atoms with E-state index in [-0.39, 0.29) is 10.9 Å². The molecule has 1 aromatic rings. The molecule has 1 heterocycles. The molecule has 6 heteroatoms. The van der Waals surface area contributed by atoms with Crippen molar-refractivity contribution in [2.24, 2.45) is 5.73 Å². The molecule has 0 bridgehead atoms. The van der Waals surface area contributed by atoms with Crippen LogP contribution in [0, 0.1) is 0 Å². The van der Waals surface area contributed by atoms with Gasteiger partial charge in [-0.1, -0.05) is 23.8 Å². The first-order valence-corrected chi connectivity index (χ1v) is 5.97. The molecule has 0 aliphatic carbocycles. The lowest BCUT2D eigenvalue weighted by molar-refractivity contribution is -0.120. The van der Waals surface area contributed by atoms with E-state index in [1.165, 1.54) is 0 Å².